The Morgan fingerprint density at radius 2 is 1.90 bits per heavy atom. The number of carbonyl (C=O) groups is 1. The molecule has 0 saturated heterocycles. The summed E-state index contributed by atoms with van der Waals surface area (Å²) in [5.74, 6) is 0.0622. The van der Waals surface area contributed by atoms with E-state index in [1.807, 2.05) is 53.4 Å². The fraction of sp³-hybridized carbons (Fsp3) is 0.353. The van der Waals surface area contributed by atoms with Gasteiger partial charge in [-0.1, -0.05) is 18.9 Å². The van der Waals surface area contributed by atoms with Crippen LogP contribution in [0.15, 0.2) is 48.8 Å². The van der Waals surface area contributed by atoms with Crippen molar-refractivity contribution in [3.63, 3.8) is 0 Å². The first-order valence-corrected chi connectivity index (χ1v) is 7.48. The molecule has 1 aliphatic carbocycles. The summed E-state index contributed by atoms with van der Waals surface area (Å²) in [5, 5.41) is 3.05. The van der Waals surface area contributed by atoms with Gasteiger partial charge in [0.1, 0.15) is 0 Å². The van der Waals surface area contributed by atoms with Gasteiger partial charge in [0.15, 0.2) is 0 Å². The molecule has 0 aliphatic heterocycles. The van der Waals surface area contributed by atoms with Crippen molar-refractivity contribution in [1.82, 2.24) is 4.57 Å². The van der Waals surface area contributed by atoms with Crippen LogP contribution in [0.4, 0.5) is 5.69 Å². The van der Waals surface area contributed by atoms with E-state index in [9.17, 15) is 4.79 Å². The Balaban J connectivity index is 1.79. The molecule has 1 aliphatic rings. The van der Waals surface area contributed by atoms with Crippen molar-refractivity contribution in [2.24, 2.45) is 11.1 Å². The van der Waals surface area contributed by atoms with Gasteiger partial charge in [0.05, 0.1) is 5.41 Å². The van der Waals surface area contributed by atoms with Crippen LogP contribution in [0.1, 0.15) is 25.7 Å². The molecule has 1 aromatic carbocycles. The van der Waals surface area contributed by atoms with Crippen LogP contribution in [-0.4, -0.2) is 17.0 Å². The highest BCUT2D eigenvalue weighted by molar-refractivity contribution is 5.95. The van der Waals surface area contributed by atoms with Gasteiger partial charge in [0, 0.05) is 30.3 Å². The Morgan fingerprint density at radius 1 is 1.19 bits per heavy atom. The van der Waals surface area contributed by atoms with Crippen LogP contribution < -0.4 is 11.1 Å². The minimum Gasteiger partial charge on any atom is -0.329 e. The number of benzene rings is 1. The van der Waals surface area contributed by atoms with Crippen LogP contribution in [0.2, 0.25) is 0 Å². The first kappa shape index (κ1) is 13.9. The number of nitrogens with zero attached hydrogens (tertiary/aromatic N) is 1. The lowest BCUT2D eigenvalue weighted by Crippen LogP contribution is -2.40. The number of anilines is 1. The minimum absolute atomic E-state index is 0.0622. The summed E-state index contributed by atoms with van der Waals surface area (Å²) in [5.41, 5.74) is 7.35. The third-order valence-electron chi connectivity index (χ3n) is 4.44. The molecule has 0 bridgehead atoms. The molecule has 1 fully saturated rings. The van der Waals surface area contributed by atoms with Crippen LogP contribution in [0.25, 0.3) is 5.69 Å². The van der Waals surface area contributed by atoms with Gasteiger partial charge < -0.3 is 15.6 Å². The average molecular weight is 283 g/mol. The zero-order valence-corrected chi connectivity index (χ0v) is 12.1. The van der Waals surface area contributed by atoms with E-state index in [0.29, 0.717) is 6.54 Å². The smallest absolute Gasteiger partial charge is 0.231 e. The number of rotatable bonds is 4. The molecule has 3 rings (SSSR count). The molecule has 0 unspecified atom stereocenters. The highest BCUT2D eigenvalue weighted by Gasteiger charge is 2.39. The zero-order valence-electron chi connectivity index (χ0n) is 12.1. The summed E-state index contributed by atoms with van der Waals surface area (Å²) in [6.45, 7) is 0.427. The van der Waals surface area contributed by atoms with Gasteiger partial charge in [-0.15, -0.1) is 0 Å². The molecule has 1 aromatic heterocycles. The van der Waals surface area contributed by atoms with Crippen molar-refractivity contribution >= 4 is 11.6 Å². The highest BCUT2D eigenvalue weighted by atomic mass is 16.2. The standard InChI is InChI=1S/C17H21N3O/c18-13-17(8-1-2-9-17)16(21)19-14-6-5-7-15(12-14)20-10-3-4-11-20/h3-7,10-12H,1-2,8-9,13,18H2,(H,19,21). The number of carbonyl (C=O) groups excluding carboxylic acids is 1. The molecule has 0 atom stereocenters. The molecule has 4 heteroatoms. The maximum Gasteiger partial charge on any atom is 0.231 e. The molecule has 1 amide bonds. The normalized spacial score (nSPS) is 16.8. The summed E-state index contributed by atoms with van der Waals surface area (Å²) < 4.78 is 2.02. The van der Waals surface area contributed by atoms with Gasteiger partial charge in [-0.25, -0.2) is 0 Å². The van der Waals surface area contributed by atoms with Crippen LogP contribution >= 0.6 is 0 Å². The van der Waals surface area contributed by atoms with Crippen LogP contribution in [0.5, 0.6) is 0 Å². The fourth-order valence-corrected chi connectivity index (χ4v) is 3.09. The predicted octanol–water partition coefficient (Wildman–Crippen LogP) is 2.93. The predicted molar refractivity (Wildman–Crippen MR) is 84.4 cm³/mol. The van der Waals surface area contributed by atoms with Gasteiger partial charge >= 0.3 is 0 Å². The second-order valence-electron chi connectivity index (χ2n) is 5.79. The molecule has 3 N–H and O–H groups in total. The van der Waals surface area contributed by atoms with E-state index < -0.39 is 0 Å². The second kappa shape index (κ2) is 5.74. The van der Waals surface area contributed by atoms with E-state index in [1.165, 1.54) is 0 Å². The summed E-state index contributed by atoms with van der Waals surface area (Å²) in [4.78, 5) is 12.6. The first-order valence-electron chi connectivity index (χ1n) is 7.48. The van der Waals surface area contributed by atoms with E-state index >= 15 is 0 Å². The highest BCUT2D eigenvalue weighted by Crippen LogP contribution is 2.38. The van der Waals surface area contributed by atoms with Gasteiger partial charge in [-0.3, -0.25) is 4.79 Å². The molecule has 4 nitrogen and oxygen atoms in total. The molecular weight excluding hydrogens is 262 g/mol. The minimum atomic E-state index is -0.372. The van der Waals surface area contributed by atoms with E-state index in [1.54, 1.807) is 0 Å². The number of aromatic nitrogens is 1. The maximum atomic E-state index is 12.6. The Labute approximate surface area is 125 Å². The molecule has 1 saturated carbocycles. The lowest BCUT2D eigenvalue weighted by Gasteiger charge is -2.25. The second-order valence-corrected chi connectivity index (χ2v) is 5.79. The van der Waals surface area contributed by atoms with E-state index in [4.69, 9.17) is 5.73 Å². The summed E-state index contributed by atoms with van der Waals surface area (Å²) >= 11 is 0. The molecule has 2 aromatic rings. The Kier molecular flexibility index (Phi) is 3.80. The third-order valence-corrected chi connectivity index (χ3v) is 4.44. The molecule has 110 valence electrons. The van der Waals surface area contributed by atoms with Gasteiger partial charge in [-0.2, -0.15) is 0 Å². The maximum absolute atomic E-state index is 12.6. The number of hydrogen-bond acceptors (Lipinski definition) is 2. The SMILES string of the molecule is NCC1(C(=O)Nc2cccc(-n3cccc3)c2)CCCC1. The van der Waals surface area contributed by atoms with Crippen molar-refractivity contribution in [1.29, 1.82) is 0 Å². The van der Waals surface area contributed by atoms with Crippen molar-refractivity contribution in [3.05, 3.63) is 48.8 Å². The van der Waals surface area contributed by atoms with Crippen LogP contribution in [0, 0.1) is 5.41 Å². The van der Waals surface area contributed by atoms with E-state index in [-0.39, 0.29) is 11.3 Å². The first-order chi connectivity index (χ1) is 10.2. The fourth-order valence-electron chi connectivity index (χ4n) is 3.09. The summed E-state index contributed by atoms with van der Waals surface area (Å²) in [6, 6.07) is 11.8. The Morgan fingerprint density at radius 3 is 2.57 bits per heavy atom. The van der Waals surface area contributed by atoms with Crippen molar-refractivity contribution in [3.8, 4) is 5.69 Å². The molecule has 21 heavy (non-hydrogen) atoms. The molecule has 0 spiro atoms. The van der Waals surface area contributed by atoms with Gasteiger partial charge in [-0.05, 0) is 43.2 Å². The monoisotopic (exact) mass is 283 g/mol. The quantitative estimate of drug-likeness (QED) is 0.906. The van der Waals surface area contributed by atoms with Gasteiger partial charge in [0.2, 0.25) is 5.91 Å². The number of nitrogens with one attached hydrogen (secondary N) is 1. The Hall–Kier alpha value is -2.07. The average Bonchev–Trinajstić information content (AvgIpc) is 3.20. The van der Waals surface area contributed by atoms with Crippen molar-refractivity contribution < 1.29 is 4.79 Å². The van der Waals surface area contributed by atoms with Gasteiger partial charge in [0.25, 0.3) is 0 Å². The largest absolute Gasteiger partial charge is 0.329 e. The molecule has 1 heterocycles. The number of amides is 1. The summed E-state index contributed by atoms with van der Waals surface area (Å²) in [6.07, 6.45) is 7.94. The topological polar surface area (TPSA) is 60.1 Å². The zero-order chi connectivity index (χ0) is 14.7. The lowest BCUT2D eigenvalue weighted by atomic mass is 9.85. The third kappa shape index (κ3) is 2.72. The number of nitrogens with two attached hydrogens (primary N) is 1. The van der Waals surface area contributed by atoms with Crippen LogP contribution in [-0.2, 0) is 4.79 Å². The Bertz CT molecular complexity index is 613. The van der Waals surface area contributed by atoms with Crippen LogP contribution in [0.3, 0.4) is 0 Å². The number of hydrogen-bond donors (Lipinski definition) is 2. The molecular formula is C17H21N3O. The van der Waals surface area contributed by atoms with E-state index in [0.717, 1.165) is 37.1 Å². The van der Waals surface area contributed by atoms with E-state index in [2.05, 4.69) is 5.32 Å². The lowest BCUT2D eigenvalue weighted by molar-refractivity contribution is -0.124. The summed E-state index contributed by atoms with van der Waals surface area (Å²) in [7, 11) is 0. The van der Waals surface area contributed by atoms with Crippen molar-refractivity contribution in [2.75, 3.05) is 11.9 Å². The van der Waals surface area contributed by atoms with Crippen molar-refractivity contribution in [2.45, 2.75) is 25.7 Å². The molecule has 0 radical (unpaired) electrons.